The molecule has 0 saturated carbocycles. The minimum atomic E-state index is -4.49. The fourth-order valence-corrected chi connectivity index (χ4v) is 5.66. The summed E-state index contributed by atoms with van der Waals surface area (Å²) in [5.41, 5.74) is 1.02. The first-order valence-electron chi connectivity index (χ1n) is 13.8. The summed E-state index contributed by atoms with van der Waals surface area (Å²) in [6, 6.07) is 14.5. The third-order valence-electron chi connectivity index (χ3n) is 7.34. The monoisotopic (exact) mass is 615 g/mol. The van der Waals surface area contributed by atoms with E-state index in [1.54, 1.807) is 7.11 Å². The fraction of sp³-hybridized carbons (Fsp3) is 0.367. The number of hydrogen-bond donors (Lipinski definition) is 1. The zero-order valence-electron chi connectivity index (χ0n) is 23.5. The molecule has 1 fully saturated rings. The van der Waals surface area contributed by atoms with Gasteiger partial charge in [0.2, 0.25) is 0 Å². The first kappa shape index (κ1) is 30.5. The van der Waals surface area contributed by atoms with Crippen molar-refractivity contribution in [3.8, 4) is 5.75 Å². The Morgan fingerprint density at radius 3 is 2.44 bits per heavy atom. The number of thiophene rings is 1. The molecule has 1 N–H and O–H groups in total. The standard InChI is InChI=1S/C30H32F3N5O4S/c1-41-24-10-4-21(5-11-24)26-19-25(27-3-2-18-43-27)35-38(26)28(39)20-37(13-12-36-14-16-42-17-15-36)29(40)34-23-8-6-22(7-9-23)30(31,32)33/h2-11,18,26H,12-17,19-20H2,1H3,(H,34,40). The number of hydrogen-bond acceptors (Lipinski definition) is 7. The number of carbonyl (C=O) groups excluding carboxylic acids is 2. The Kier molecular flexibility index (Phi) is 9.63. The van der Waals surface area contributed by atoms with E-state index in [1.165, 1.54) is 33.4 Å². The van der Waals surface area contributed by atoms with Gasteiger partial charge in [0.05, 0.1) is 42.5 Å². The van der Waals surface area contributed by atoms with Gasteiger partial charge >= 0.3 is 12.2 Å². The number of urea groups is 1. The summed E-state index contributed by atoms with van der Waals surface area (Å²) in [5.74, 6) is 0.310. The number of nitrogens with one attached hydrogen (secondary N) is 1. The van der Waals surface area contributed by atoms with Crippen LogP contribution in [0.25, 0.3) is 0 Å². The topological polar surface area (TPSA) is 86.7 Å². The summed E-state index contributed by atoms with van der Waals surface area (Å²) in [5, 5.41) is 10.7. The van der Waals surface area contributed by atoms with Crippen molar-refractivity contribution in [2.75, 3.05) is 58.4 Å². The summed E-state index contributed by atoms with van der Waals surface area (Å²) >= 11 is 1.53. The minimum absolute atomic E-state index is 0.192. The molecule has 1 unspecified atom stereocenters. The van der Waals surface area contributed by atoms with E-state index in [9.17, 15) is 22.8 Å². The van der Waals surface area contributed by atoms with Crippen LogP contribution in [0.2, 0.25) is 0 Å². The molecule has 0 radical (unpaired) electrons. The number of methoxy groups -OCH3 is 1. The van der Waals surface area contributed by atoms with Crippen molar-refractivity contribution in [2.45, 2.75) is 18.6 Å². The van der Waals surface area contributed by atoms with Crippen LogP contribution in [0.15, 0.2) is 71.1 Å². The van der Waals surface area contributed by atoms with E-state index in [2.05, 4.69) is 10.2 Å². The van der Waals surface area contributed by atoms with Gasteiger partial charge in [-0.1, -0.05) is 18.2 Å². The van der Waals surface area contributed by atoms with Gasteiger partial charge in [-0.05, 0) is 53.4 Å². The van der Waals surface area contributed by atoms with Crippen molar-refractivity contribution in [3.63, 3.8) is 0 Å². The molecule has 2 aromatic carbocycles. The Labute approximate surface area is 251 Å². The largest absolute Gasteiger partial charge is 0.497 e. The average molecular weight is 616 g/mol. The highest BCUT2D eigenvalue weighted by Crippen LogP contribution is 2.35. The lowest BCUT2D eigenvalue weighted by atomic mass is 10.0. The predicted molar refractivity (Wildman–Crippen MR) is 157 cm³/mol. The Hall–Kier alpha value is -3.94. The van der Waals surface area contributed by atoms with Crippen molar-refractivity contribution in [1.29, 1.82) is 0 Å². The molecule has 3 amide bonds. The van der Waals surface area contributed by atoms with Crippen molar-refractivity contribution < 1.29 is 32.2 Å². The summed E-state index contributed by atoms with van der Waals surface area (Å²) < 4.78 is 49.8. The summed E-state index contributed by atoms with van der Waals surface area (Å²) in [4.78, 5) is 31.7. The molecule has 5 rings (SSSR count). The second-order valence-electron chi connectivity index (χ2n) is 10.1. The molecule has 3 aromatic rings. The Balaban J connectivity index is 1.35. The molecule has 1 saturated heterocycles. The number of morpholine rings is 1. The number of nitrogens with zero attached hydrogens (tertiary/aromatic N) is 4. The summed E-state index contributed by atoms with van der Waals surface area (Å²) in [6.07, 6.45) is -3.98. The van der Waals surface area contributed by atoms with Crippen molar-refractivity contribution in [2.24, 2.45) is 5.10 Å². The number of halogens is 3. The number of rotatable bonds is 9. The van der Waals surface area contributed by atoms with Crippen LogP contribution in [-0.2, 0) is 15.7 Å². The maximum Gasteiger partial charge on any atom is 0.416 e. The third kappa shape index (κ3) is 7.72. The molecule has 2 aliphatic heterocycles. The minimum Gasteiger partial charge on any atom is -0.497 e. The van der Waals surface area contributed by atoms with Crippen molar-refractivity contribution in [1.82, 2.24) is 14.8 Å². The van der Waals surface area contributed by atoms with E-state index in [4.69, 9.17) is 14.6 Å². The summed E-state index contributed by atoms with van der Waals surface area (Å²) in [7, 11) is 1.58. The lowest BCUT2D eigenvalue weighted by Crippen LogP contribution is -2.47. The number of amides is 3. The van der Waals surface area contributed by atoms with Crippen LogP contribution in [0.3, 0.4) is 0 Å². The van der Waals surface area contributed by atoms with Crippen molar-refractivity contribution >= 4 is 34.7 Å². The molecule has 0 spiro atoms. The molecule has 9 nitrogen and oxygen atoms in total. The van der Waals surface area contributed by atoms with Gasteiger partial charge in [0, 0.05) is 38.3 Å². The normalized spacial score (nSPS) is 17.4. The second kappa shape index (κ2) is 13.6. The highest BCUT2D eigenvalue weighted by atomic mass is 32.1. The molecule has 43 heavy (non-hydrogen) atoms. The lowest BCUT2D eigenvalue weighted by molar-refractivity contribution is -0.137. The van der Waals surface area contributed by atoms with Gasteiger partial charge in [0.1, 0.15) is 12.3 Å². The van der Waals surface area contributed by atoms with Gasteiger partial charge in [-0.25, -0.2) is 9.80 Å². The third-order valence-corrected chi connectivity index (χ3v) is 8.26. The van der Waals surface area contributed by atoms with E-state index in [1.807, 2.05) is 41.8 Å². The maximum atomic E-state index is 13.9. The number of carbonyl (C=O) groups is 2. The molecule has 2 aliphatic rings. The smallest absolute Gasteiger partial charge is 0.416 e. The average Bonchev–Trinajstić information content (AvgIpc) is 3.70. The lowest BCUT2D eigenvalue weighted by Gasteiger charge is -2.31. The molecule has 1 atom stereocenters. The SMILES string of the molecule is COc1ccc(C2CC(c3cccs3)=NN2C(=O)CN(CCN2CCOCC2)C(=O)Nc2ccc(C(F)(F)F)cc2)cc1. The quantitative estimate of drug-likeness (QED) is 0.352. The second-order valence-corrected chi connectivity index (χ2v) is 11.1. The van der Waals surface area contributed by atoms with Crippen LogP contribution < -0.4 is 10.1 Å². The molecular weight excluding hydrogens is 583 g/mol. The predicted octanol–water partition coefficient (Wildman–Crippen LogP) is 5.32. The van der Waals surface area contributed by atoms with E-state index < -0.39 is 17.8 Å². The van der Waals surface area contributed by atoms with Gasteiger partial charge in [-0.3, -0.25) is 9.69 Å². The Morgan fingerprint density at radius 1 is 1.09 bits per heavy atom. The number of ether oxygens (including phenoxy) is 2. The Morgan fingerprint density at radius 2 is 1.81 bits per heavy atom. The fourth-order valence-electron chi connectivity index (χ4n) is 4.94. The van der Waals surface area contributed by atoms with Crippen LogP contribution in [0.4, 0.5) is 23.7 Å². The molecule has 13 heteroatoms. The van der Waals surface area contributed by atoms with Crippen LogP contribution in [0.5, 0.6) is 5.75 Å². The molecule has 3 heterocycles. The van der Waals surface area contributed by atoms with E-state index in [0.717, 1.165) is 28.3 Å². The summed E-state index contributed by atoms with van der Waals surface area (Å²) in [6.45, 7) is 3.00. The van der Waals surface area contributed by atoms with Crippen LogP contribution in [0.1, 0.15) is 28.5 Å². The van der Waals surface area contributed by atoms with E-state index in [0.29, 0.717) is 45.0 Å². The van der Waals surface area contributed by atoms with Gasteiger partial charge in [0.15, 0.2) is 0 Å². The molecule has 0 aliphatic carbocycles. The number of anilines is 1. The van der Waals surface area contributed by atoms with E-state index in [-0.39, 0.29) is 30.7 Å². The van der Waals surface area contributed by atoms with Crippen LogP contribution in [-0.4, -0.2) is 85.5 Å². The van der Waals surface area contributed by atoms with Gasteiger partial charge in [-0.2, -0.15) is 18.3 Å². The van der Waals surface area contributed by atoms with Gasteiger partial charge in [0.25, 0.3) is 5.91 Å². The van der Waals surface area contributed by atoms with Gasteiger partial charge in [-0.15, -0.1) is 11.3 Å². The van der Waals surface area contributed by atoms with Crippen LogP contribution in [0, 0.1) is 0 Å². The van der Waals surface area contributed by atoms with E-state index >= 15 is 0 Å². The molecule has 1 aromatic heterocycles. The number of benzene rings is 2. The van der Waals surface area contributed by atoms with Gasteiger partial charge < -0.3 is 19.7 Å². The first-order chi connectivity index (χ1) is 20.7. The van der Waals surface area contributed by atoms with Crippen molar-refractivity contribution in [3.05, 3.63) is 82.0 Å². The molecule has 228 valence electrons. The molecule has 0 bridgehead atoms. The highest BCUT2D eigenvalue weighted by Gasteiger charge is 2.35. The highest BCUT2D eigenvalue weighted by molar-refractivity contribution is 7.12. The first-order valence-corrected chi connectivity index (χ1v) is 14.7. The number of hydrazone groups is 1. The maximum absolute atomic E-state index is 13.9. The number of alkyl halides is 3. The zero-order chi connectivity index (χ0) is 30.4. The molecular formula is C30H32F3N5O4S. The Bertz CT molecular complexity index is 1410. The zero-order valence-corrected chi connectivity index (χ0v) is 24.4. The van der Waals surface area contributed by atoms with Crippen LogP contribution >= 0.6 is 11.3 Å².